The molecule has 2 aromatic carbocycles. The molecule has 0 aliphatic heterocycles. The molecule has 1 amide bonds. The summed E-state index contributed by atoms with van der Waals surface area (Å²) in [6, 6.07) is 13.0. The Morgan fingerprint density at radius 1 is 1.10 bits per heavy atom. The zero-order valence-corrected chi connectivity index (χ0v) is 19.4. The van der Waals surface area contributed by atoms with Crippen LogP contribution < -0.4 is 16.4 Å². The zero-order valence-electron chi connectivity index (χ0n) is 17.0. The Balaban J connectivity index is 1.65. The van der Waals surface area contributed by atoms with Crippen LogP contribution >= 0.6 is 35.0 Å². The van der Waals surface area contributed by atoms with Crippen molar-refractivity contribution in [1.82, 2.24) is 15.0 Å². The molecule has 31 heavy (non-hydrogen) atoms. The molecule has 3 aromatic rings. The van der Waals surface area contributed by atoms with Gasteiger partial charge >= 0.3 is 0 Å². The summed E-state index contributed by atoms with van der Waals surface area (Å²) in [5, 5.41) is 6.33. The molecule has 7 nitrogen and oxygen atoms in total. The Bertz CT molecular complexity index is 1060. The van der Waals surface area contributed by atoms with E-state index < -0.39 is 5.25 Å². The van der Waals surface area contributed by atoms with Gasteiger partial charge in [0.15, 0.2) is 0 Å². The lowest BCUT2D eigenvalue weighted by molar-refractivity contribution is -0.115. The Kier molecular flexibility index (Phi) is 7.95. The number of para-hydroxylation sites is 2. The van der Waals surface area contributed by atoms with Crippen LogP contribution in [0.2, 0.25) is 10.0 Å². The zero-order chi connectivity index (χ0) is 22.4. The van der Waals surface area contributed by atoms with Crippen molar-refractivity contribution in [3.63, 3.8) is 0 Å². The number of carbonyl (C=O) groups is 1. The van der Waals surface area contributed by atoms with Crippen molar-refractivity contribution in [2.24, 2.45) is 0 Å². The molecule has 0 bridgehead atoms. The number of amides is 1. The van der Waals surface area contributed by atoms with E-state index in [-0.39, 0.29) is 11.9 Å². The standard InChI is InChI=1S/C21H22Cl2N6OS/c1-3-13-7-4-5-10-16(13)25-21-27-17(26-20(24)29-21)11-31-12(2)19(30)28-18-14(22)8-6-9-15(18)23/h4-10,12H,3,11H2,1-2H3,(H,28,30)(H3,24,25,26,27,29)/t12-/m0/s1. The fourth-order valence-electron chi connectivity index (χ4n) is 2.75. The van der Waals surface area contributed by atoms with Gasteiger partial charge in [-0.25, -0.2) is 0 Å². The lowest BCUT2D eigenvalue weighted by atomic mass is 10.1. The van der Waals surface area contributed by atoms with E-state index in [0.717, 1.165) is 17.7 Å². The summed E-state index contributed by atoms with van der Waals surface area (Å²) in [7, 11) is 0. The van der Waals surface area contributed by atoms with Crippen LogP contribution in [0.25, 0.3) is 0 Å². The van der Waals surface area contributed by atoms with Crippen molar-refractivity contribution in [2.75, 3.05) is 16.4 Å². The summed E-state index contributed by atoms with van der Waals surface area (Å²) in [6.07, 6.45) is 0.870. The fraction of sp³-hybridized carbons (Fsp3) is 0.238. The van der Waals surface area contributed by atoms with Gasteiger partial charge in [-0.05, 0) is 37.1 Å². The number of nitrogen functional groups attached to an aromatic ring is 1. The third kappa shape index (κ3) is 6.22. The maximum Gasteiger partial charge on any atom is 0.237 e. The number of nitrogens with two attached hydrogens (primary N) is 1. The molecule has 0 unspecified atom stereocenters. The first-order valence-corrected chi connectivity index (χ1v) is 11.4. The second-order valence-corrected chi connectivity index (χ2v) is 8.75. The lowest BCUT2D eigenvalue weighted by Gasteiger charge is -2.14. The number of benzene rings is 2. The van der Waals surface area contributed by atoms with Gasteiger partial charge < -0.3 is 16.4 Å². The van der Waals surface area contributed by atoms with Gasteiger partial charge in [0, 0.05) is 5.69 Å². The van der Waals surface area contributed by atoms with Crippen LogP contribution in [0.5, 0.6) is 0 Å². The number of hydrogen-bond acceptors (Lipinski definition) is 7. The second kappa shape index (κ2) is 10.7. The van der Waals surface area contributed by atoms with Crippen LogP contribution in [0, 0.1) is 0 Å². The molecule has 10 heteroatoms. The highest BCUT2D eigenvalue weighted by Crippen LogP contribution is 2.30. The number of carbonyl (C=O) groups excluding carboxylic acids is 1. The first-order chi connectivity index (χ1) is 14.9. The minimum absolute atomic E-state index is 0.113. The minimum atomic E-state index is -0.400. The van der Waals surface area contributed by atoms with E-state index in [1.807, 2.05) is 24.3 Å². The Morgan fingerprint density at radius 3 is 2.52 bits per heavy atom. The van der Waals surface area contributed by atoms with E-state index in [2.05, 4.69) is 32.5 Å². The molecule has 0 fully saturated rings. The van der Waals surface area contributed by atoms with Crippen molar-refractivity contribution in [2.45, 2.75) is 31.3 Å². The number of rotatable bonds is 8. The first kappa shape index (κ1) is 23.1. The van der Waals surface area contributed by atoms with E-state index in [1.54, 1.807) is 25.1 Å². The summed E-state index contributed by atoms with van der Waals surface area (Å²) < 4.78 is 0. The molecule has 0 aliphatic rings. The third-order valence-corrected chi connectivity index (χ3v) is 6.16. The third-order valence-electron chi connectivity index (χ3n) is 4.39. The molecule has 0 saturated heterocycles. The number of halogens is 2. The van der Waals surface area contributed by atoms with Gasteiger partial charge in [-0.2, -0.15) is 15.0 Å². The van der Waals surface area contributed by atoms with E-state index in [9.17, 15) is 4.79 Å². The molecule has 0 spiro atoms. The van der Waals surface area contributed by atoms with Crippen molar-refractivity contribution < 1.29 is 4.79 Å². The number of aryl methyl sites for hydroxylation is 1. The summed E-state index contributed by atoms with van der Waals surface area (Å²) in [5.41, 5.74) is 8.32. The van der Waals surface area contributed by atoms with Crippen LogP contribution in [0.4, 0.5) is 23.3 Å². The van der Waals surface area contributed by atoms with Gasteiger partial charge in [0.2, 0.25) is 17.8 Å². The molecule has 1 heterocycles. The topological polar surface area (TPSA) is 106 Å². The molecule has 0 saturated carbocycles. The molecule has 4 N–H and O–H groups in total. The number of anilines is 4. The predicted molar refractivity (Wildman–Crippen MR) is 129 cm³/mol. The molecule has 1 atom stereocenters. The van der Waals surface area contributed by atoms with Crippen LogP contribution in [0.1, 0.15) is 25.2 Å². The normalized spacial score (nSPS) is 11.7. The van der Waals surface area contributed by atoms with Crippen LogP contribution in [0.15, 0.2) is 42.5 Å². The monoisotopic (exact) mass is 476 g/mol. The highest BCUT2D eigenvalue weighted by molar-refractivity contribution is 7.99. The molecule has 162 valence electrons. The summed E-state index contributed by atoms with van der Waals surface area (Å²) in [6.45, 7) is 3.86. The average molecular weight is 477 g/mol. The number of hydrogen-bond donors (Lipinski definition) is 3. The minimum Gasteiger partial charge on any atom is -0.368 e. The van der Waals surface area contributed by atoms with Crippen molar-refractivity contribution in [1.29, 1.82) is 0 Å². The van der Waals surface area contributed by atoms with Gasteiger partial charge in [0.1, 0.15) is 5.82 Å². The van der Waals surface area contributed by atoms with Crippen molar-refractivity contribution in [3.8, 4) is 0 Å². The Hall–Kier alpha value is -2.55. The first-order valence-electron chi connectivity index (χ1n) is 9.59. The van der Waals surface area contributed by atoms with Gasteiger partial charge in [-0.15, -0.1) is 11.8 Å². The average Bonchev–Trinajstić information content (AvgIpc) is 2.74. The quantitative estimate of drug-likeness (QED) is 0.403. The maximum absolute atomic E-state index is 12.5. The second-order valence-electron chi connectivity index (χ2n) is 6.61. The highest BCUT2D eigenvalue weighted by atomic mass is 35.5. The van der Waals surface area contributed by atoms with Crippen molar-refractivity contribution >= 4 is 64.1 Å². The van der Waals surface area contributed by atoms with E-state index in [1.165, 1.54) is 11.8 Å². The molecule has 1 aromatic heterocycles. The number of aromatic nitrogens is 3. The fourth-order valence-corrected chi connectivity index (χ4v) is 3.98. The summed E-state index contributed by atoms with van der Waals surface area (Å²) >= 11 is 13.6. The molecule has 3 rings (SSSR count). The Labute approximate surface area is 195 Å². The number of nitrogens with zero attached hydrogens (tertiary/aromatic N) is 3. The highest BCUT2D eigenvalue weighted by Gasteiger charge is 2.18. The Morgan fingerprint density at radius 2 is 1.81 bits per heavy atom. The molecular weight excluding hydrogens is 455 g/mol. The summed E-state index contributed by atoms with van der Waals surface area (Å²) in [5.74, 6) is 1.11. The van der Waals surface area contributed by atoms with E-state index in [4.69, 9.17) is 28.9 Å². The van der Waals surface area contributed by atoms with Crippen molar-refractivity contribution in [3.05, 3.63) is 63.9 Å². The summed E-state index contributed by atoms with van der Waals surface area (Å²) in [4.78, 5) is 25.3. The van der Waals surface area contributed by atoms with E-state index in [0.29, 0.717) is 33.3 Å². The van der Waals surface area contributed by atoms with Crippen LogP contribution in [0.3, 0.4) is 0 Å². The largest absolute Gasteiger partial charge is 0.368 e. The predicted octanol–water partition coefficient (Wildman–Crippen LogP) is 5.33. The number of thioether (sulfide) groups is 1. The van der Waals surface area contributed by atoms with Crippen LogP contribution in [-0.2, 0) is 17.0 Å². The van der Waals surface area contributed by atoms with Crippen LogP contribution in [-0.4, -0.2) is 26.1 Å². The van der Waals surface area contributed by atoms with Gasteiger partial charge in [-0.3, -0.25) is 4.79 Å². The number of nitrogens with one attached hydrogen (secondary N) is 2. The van der Waals surface area contributed by atoms with E-state index >= 15 is 0 Å². The van der Waals surface area contributed by atoms with Gasteiger partial charge in [-0.1, -0.05) is 54.4 Å². The maximum atomic E-state index is 12.5. The van der Waals surface area contributed by atoms with Gasteiger partial charge in [0.25, 0.3) is 0 Å². The SMILES string of the molecule is CCc1ccccc1Nc1nc(N)nc(CS[C@@H](C)C(=O)Nc2c(Cl)cccc2Cl)n1. The molecule has 0 radical (unpaired) electrons. The smallest absolute Gasteiger partial charge is 0.237 e. The molecular formula is C21H22Cl2N6OS. The van der Waals surface area contributed by atoms with Gasteiger partial charge in [0.05, 0.1) is 26.7 Å². The molecule has 0 aliphatic carbocycles. The lowest BCUT2D eigenvalue weighted by Crippen LogP contribution is -2.23.